The molecule has 174 valence electrons. The lowest BCUT2D eigenvalue weighted by atomic mass is 9.95. The van der Waals surface area contributed by atoms with E-state index in [1.54, 1.807) is 34.8 Å². The molecule has 0 radical (unpaired) electrons. The molecule has 3 atom stereocenters. The van der Waals surface area contributed by atoms with E-state index in [9.17, 15) is 17.6 Å². The SMILES string of the molecule is CC1C(=O)N(c2ccc3c(cnn3-c3ccc(F)cc3)c2)[C@H](c2ccccc2)[C@H]1NS(C)(=O)=O. The summed E-state index contributed by atoms with van der Waals surface area (Å²) >= 11 is 0. The maximum atomic E-state index is 13.4. The predicted octanol–water partition coefficient (Wildman–Crippen LogP) is 3.81. The van der Waals surface area contributed by atoms with Crippen LogP contribution in [0.4, 0.5) is 10.1 Å². The van der Waals surface area contributed by atoms with E-state index in [4.69, 9.17) is 0 Å². The Kier molecular flexibility index (Phi) is 5.45. The Morgan fingerprint density at radius 3 is 2.32 bits per heavy atom. The van der Waals surface area contributed by atoms with Crippen molar-refractivity contribution in [3.05, 3.63) is 90.4 Å². The van der Waals surface area contributed by atoms with Gasteiger partial charge in [-0.25, -0.2) is 22.2 Å². The number of carbonyl (C=O) groups is 1. The minimum absolute atomic E-state index is 0.166. The standard InChI is InChI=1S/C25H23FN4O3S/c1-16-23(28-34(2,32)33)24(17-6-4-3-5-7-17)29(25(16)31)21-12-13-22-18(14-21)15-27-30(22)20-10-8-19(26)9-11-20/h3-16,23-24,28H,1-2H3/t16?,23-,24+/m0/s1. The fraction of sp³-hybridized carbons (Fsp3) is 0.200. The molecule has 1 aliphatic rings. The van der Waals surface area contributed by atoms with Gasteiger partial charge in [-0.3, -0.25) is 4.79 Å². The molecule has 1 aromatic heterocycles. The van der Waals surface area contributed by atoms with Crippen LogP contribution < -0.4 is 9.62 Å². The third-order valence-corrected chi connectivity index (χ3v) is 6.88. The molecule has 2 heterocycles. The lowest BCUT2D eigenvalue weighted by molar-refractivity contribution is -0.120. The zero-order chi connectivity index (χ0) is 24.0. The normalized spacial score (nSPS) is 20.9. The van der Waals surface area contributed by atoms with Crippen molar-refractivity contribution in [2.24, 2.45) is 5.92 Å². The molecular weight excluding hydrogens is 455 g/mol. The van der Waals surface area contributed by atoms with E-state index in [1.165, 1.54) is 12.1 Å². The lowest BCUT2D eigenvalue weighted by Crippen LogP contribution is -2.41. The quantitative estimate of drug-likeness (QED) is 0.473. The molecule has 9 heteroatoms. The van der Waals surface area contributed by atoms with Gasteiger partial charge in [0, 0.05) is 11.1 Å². The molecule has 0 aliphatic carbocycles. The van der Waals surface area contributed by atoms with E-state index >= 15 is 0 Å². The second kappa shape index (κ2) is 8.34. The Morgan fingerprint density at radius 1 is 0.971 bits per heavy atom. The van der Waals surface area contributed by atoms with Crippen LogP contribution in [0.25, 0.3) is 16.6 Å². The van der Waals surface area contributed by atoms with Gasteiger partial charge < -0.3 is 4.90 Å². The zero-order valence-corrected chi connectivity index (χ0v) is 19.4. The van der Waals surface area contributed by atoms with Crippen LogP contribution in [0.15, 0.2) is 79.0 Å². The summed E-state index contributed by atoms with van der Waals surface area (Å²) in [5, 5.41) is 5.24. The fourth-order valence-corrected chi connectivity index (χ4v) is 5.44. The maximum absolute atomic E-state index is 13.4. The van der Waals surface area contributed by atoms with Gasteiger partial charge in [0.1, 0.15) is 5.82 Å². The van der Waals surface area contributed by atoms with Crippen LogP contribution in [0.3, 0.4) is 0 Å². The number of anilines is 1. The van der Waals surface area contributed by atoms with Crippen molar-refractivity contribution in [3.8, 4) is 5.69 Å². The van der Waals surface area contributed by atoms with Crippen molar-refractivity contribution in [3.63, 3.8) is 0 Å². The van der Waals surface area contributed by atoms with E-state index in [-0.39, 0.29) is 11.7 Å². The van der Waals surface area contributed by atoms with Gasteiger partial charge in [0.05, 0.1) is 41.7 Å². The molecular formula is C25H23FN4O3S. The molecule has 3 aromatic carbocycles. The maximum Gasteiger partial charge on any atom is 0.232 e. The molecule has 0 saturated carbocycles. The summed E-state index contributed by atoms with van der Waals surface area (Å²) in [5.41, 5.74) is 3.00. The van der Waals surface area contributed by atoms with E-state index in [1.807, 2.05) is 48.5 Å². The molecule has 1 unspecified atom stereocenters. The van der Waals surface area contributed by atoms with Crippen LogP contribution in [0.5, 0.6) is 0 Å². The van der Waals surface area contributed by atoms with Gasteiger partial charge in [-0.1, -0.05) is 37.3 Å². The van der Waals surface area contributed by atoms with Crippen LogP contribution in [0, 0.1) is 11.7 Å². The number of sulfonamides is 1. The van der Waals surface area contributed by atoms with Crippen LogP contribution in [-0.2, 0) is 14.8 Å². The molecule has 34 heavy (non-hydrogen) atoms. The number of hydrogen-bond acceptors (Lipinski definition) is 4. The number of amides is 1. The molecule has 1 amide bonds. The summed E-state index contributed by atoms with van der Waals surface area (Å²) in [5.74, 6) is -1.05. The number of benzene rings is 3. The molecule has 0 bridgehead atoms. The highest BCUT2D eigenvalue weighted by Gasteiger charge is 2.48. The molecule has 0 spiro atoms. The second-order valence-electron chi connectivity index (χ2n) is 8.54. The first kappa shape index (κ1) is 22.2. The van der Waals surface area contributed by atoms with Crippen molar-refractivity contribution >= 4 is 32.5 Å². The summed E-state index contributed by atoms with van der Waals surface area (Å²) in [4.78, 5) is 15.1. The molecule has 1 saturated heterocycles. The number of aromatic nitrogens is 2. The number of carbonyl (C=O) groups excluding carboxylic acids is 1. The van der Waals surface area contributed by atoms with Gasteiger partial charge >= 0.3 is 0 Å². The summed E-state index contributed by atoms with van der Waals surface area (Å²) in [6.07, 6.45) is 2.79. The van der Waals surface area contributed by atoms with Gasteiger partial charge in [-0.15, -0.1) is 0 Å². The van der Waals surface area contributed by atoms with Crippen LogP contribution in [0.1, 0.15) is 18.5 Å². The van der Waals surface area contributed by atoms with Crippen LogP contribution in [-0.4, -0.2) is 36.4 Å². The first-order chi connectivity index (χ1) is 16.2. The Hall–Kier alpha value is -3.56. The van der Waals surface area contributed by atoms with Gasteiger partial charge in [0.15, 0.2) is 0 Å². The average molecular weight is 479 g/mol. The topological polar surface area (TPSA) is 84.3 Å². The highest BCUT2D eigenvalue weighted by molar-refractivity contribution is 7.88. The second-order valence-corrected chi connectivity index (χ2v) is 10.3. The molecule has 1 N–H and O–H groups in total. The number of nitrogens with one attached hydrogen (secondary N) is 1. The number of rotatable bonds is 5. The molecule has 1 aliphatic heterocycles. The van der Waals surface area contributed by atoms with Crippen molar-refractivity contribution in [2.45, 2.75) is 19.0 Å². The van der Waals surface area contributed by atoms with Crippen molar-refractivity contribution in [1.29, 1.82) is 0 Å². The Labute approximate surface area is 196 Å². The van der Waals surface area contributed by atoms with Crippen LogP contribution >= 0.6 is 0 Å². The highest BCUT2D eigenvalue weighted by Crippen LogP contribution is 2.41. The fourth-order valence-electron chi connectivity index (χ4n) is 4.61. The summed E-state index contributed by atoms with van der Waals surface area (Å²) < 4.78 is 42.0. The smallest absolute Gasteiger partial charge is 0.232 e. The largest absolute Gasteiger partial charge is 0.303 e. The van der Waals surface area contributed by atoms with E-state index in [0.29, 0.717) is 5.69 Å². The third-order valence-electron chi connectivity index (χ3n) is 6.18. The number of fused-ring (bicyclic) bond motifs is 1. The van der Waals surface area contributed by atoms with Gasteiger partial charge in [0.2, 0.25) is 15.9 Å². The van der Waals surface area contributed by atoms with Crippen molar-refractivity contribution in [1.82, 2.24) is 14.5 Å². The van der Waals surface area contributed by atoms with E-state index < -0.39 is 28.0 Å². The van der Waals surface area contributed by atoms with Crippen molar-refractivity contribution < 1.29 is 17.6 Å². The zero-order valence-electron chi connectivity index (χ0n) is 18.6. The first-order valence-electron chi connectivity index (χ1n) is 10.8. The van der Waals surface area contributed by atoms with E-state index in [2.05, 4.69) is 9.82 Å². The minimum atomic E-state index is -3.54. The lowest BCUT2D eigenvalue weighted by Gasteiger charge is -2.29. The summed E-state index contributed by atoms with van der Waals surface area (Å²) in [7, 11) is -3.54. The van der Waals surface area contributed by atoms with Gasteiger partial charge in [-0.05, 0) is 48.0 Å². The number of nitrogens with zero attached hydrogens (tertiary/aromatic N) is 3. The summed E-state index contributed by atoms with van der Waals surface area (Å²) in [6.45, 7) is 1.74. The van der Waals surface area contributed by atoms with Crippen molar-refractivity contribution in [2.75, 3.05) is 11.2 Å². The van der Waals surface area contributed by atoms with E-state index in [0.717, 1.165) is 28.4 Å². The van der Waals surface area contributed by atoms with Crippen LogP contribution in [0.2, 0.25) is 0 Å². The highest BCUT2D eigenvalue weighted by atomic mass is 32.2. The third kappa shape index (κ3) is 3.97. The predicted molar refractivity (Wildman–Crippen MR) is 129 cm³/mol. The molecule has 7 nitrogen and oxygen atoms in total. The molecule has 1 fully saturated rings. The minimum Gasteiger partial charge on any atom is -0.303 e. The molecule has 4 aromatic rings. The average Bonchev–Trinajstić information content (AvgIpc) is 3.33. The number of halogens is 1. The first-order valence-corrected chi connectivity index (χ1v) is 12.7. The summed E-state index contributed by atoms with van der Waals surface area (Å²) in [6, 6.07) is 19.9. The van der Waals surface area contributed by atoms with Gasteiger partial charge in [0.25, 0.3) is 0 Å². The Morgan fingerprint density at radius 2 is 1.65 bits per heavy atom. The van der Waals surface area contributed by atoms with Gasteiger partial charge in [-0.2, -0.15) is 5.10 Å². The monoisotopic (exact) mass is 478 g/mol. The number of hydrogen-bond donors (Lipinski definition) is 1. The molecule has 5 rings (SSSR count). The Balaban J connectivity index is 1.59. The Bertz CT molecular complexity index is 1470.